The lowest BCUT2D eigenvalue weighted by atomic mass is 9.95. The number of aromatic amines is 1. The van der Waals surface area contributed by atoms with Crippen LogP contribution in [0, 0.1) is 13.8 Å². The third kappa shape index (κ3) is 3.56. The van der Waals surface area contributed by atoms with E-state index in [4.69, 9.17) is 9.72 Å². The fraction of sp³-hybridized carbons (Fsp3) is 0.500. The van der Waals surface area contributed by atoms with Gasteiger partial charge in [0.05, 0.1) is 16.7 Å². The van der Waals surface area contributed by atoms with E-state index in [1.807, 2.05) is 4.52 Å². The normalized spacial score (nSPS) is 17.9. The minimum Gasteiger partial charge on any atom is -0.381 e. The topological polar surface area (TPSA) is 83.4 Å². The minimum atomic E-state index is 0.331. The Bertz CT molecular complexity index is 1340. The Morgan fingerprint density at radius 3 is 2.65 bits per heavy atom. The average Bonchev–Trinajstić information content (AvgIpc) is 3.43. The number of aryl methyl sites for hydroxylation is 1. The Morgan fingerprint density at radius 2 is 1.88 bits per heavy atom. The molecule has 0 radical (unpaired) electrons. The van der Waals surface area contributed by atoms with Gasteiger partial charge in [0.15, 0.2) is 5.65 Å². The van der Waals surface area contributed by atoms with Crippen LogP contribution in [0.3, 0.4) is 0 Å². The number of anilines is 1. The molecule has 0 amide bonds. The number of pyridine rings is 2. The van der Waals surface area contributed by atoms with E-state index in [2.05, 4.69) is 71.3 Å². The number of hydrogen-bond acceptors (Lipinski definition) is 6. The number of H-pyrrole nitrogens is 1. The van der Waals surface area contributed by atoms with E-state index in [-0.39, 0.29) is 0 Å². The zero-order chi connectivity index (χ0) is 23.4. The maximum Gasteiger partial charge on any atom is 0.158 e. The third-order valence-corrected chi connectivity index (χ3v) is 7.54. The van der Waals surface area contributed by atoms with Crippen LogP contribution >= 0.6 is 0 Å². The van der Waals surface area contributed by atoms with Crippen molar-refractivity contribution in [3.63, 3.8) is 0 Å². The lowest BCUT2D eigenvalue weighted by molar-refractivity contribution is 0.0736. The van der Waals surface area contributed by atoms with Crippen LogP contribution in [-0.2, 0) is 4.74 Å². The van der Waals surface area contributed by atoms with E-state index in [1.54, 1.807) is 6.33 Å². The summed E-state index contributed by atoms with van der Waals surface area (Å²) in [5.74, 6) is 1.39. The van der Waals surface area contributed by atoms with Crippen LogP contribution in [0.15, 0.2) is 24.7 Å². The molecule has 6 heterocycles. The molecule has 0 unspecified atom stereocenters. The summed E-state index contributed by atoms with van der Waals surface area (Å²) in [5, 5.41) is 8.20. The molecule has 6 rings (SSSR count). The summed E-state index contributed by atoms with van der Waals surface area (Å²) in [6.07, 6.45) is 5.93. The van der Waals surface area contributed by atoms with Crippen LogP contribution in [-0.4, -0.2) is 63.0 Å². The lowest BCUT2D eigenvalue weighted by Crippen LogP contribution is -2.61. The Kier molecular flexibility index (Phi) is 5.30. The van der Waals surface area contributed by atoms with Crippen molar-refractivity contribution in [2.24, 2.45) is 0 Å². The second kappa shape index (κ2) is 8.36. The van der Waals surface area contributed by atoms with Crippen LogP contribution in [0.5, 0.6) is 0 Å². The molecular formula is C26H33N7O. The molecule has 8 heteroatoms. The van der Waals surface area contributed by atoms with E-state index in [0.717, 1.165) is 78.5 Å². The van der Waals surface area contributed by atoms with E-state index in [9.17, 15) is 0 Å². The third-order valence-electron chi connectivity index (χ3n) is 7.54. The van der Waals surface area contributed by atoms with Gasteiger partial charge in [-0.05, 0) is 55.9 Å². The van der Waals surface area contributed by atoms with Crippen LogP contribution in [0.1, 0.15) is 49.3 Å². The molecule has 2 N–H and O–H groups in total. The molecule has 2 fully saturated rings. The number of rotatable bonds is 5. The SMILES string of the molecule is Cc1c(-c2[nH]c3ccc(N4CC(NC5CCOCC5)C4)nc3c2C(C)C)cn2ncnc2c1C. The van der Waals surface area contributed by atoms with Gasteiger partial charge in [-0.1, -0.05) is 13.8 Å². The summed E-state index contributed by atoms with van der Waals surface area (Å²) in [4.78, 5) is 15.6. The van der Waals surface area contributed by atoms with E-state index in [1.165, 1.54) is 11.1 Å². The summed E-state index contributed by atoms with van der Waals surface area (Å²) in [5.41, 5.74) is 8.98. The quantitative estimate of drug-likeness (QED) is 0.470. The van der Waals surface area contributed by atoms with Crippen molar-refractivity contribution in [2.75, 3.05) is 31.2 Å². The fourth-order valence-corrected chi connectivity index (χ4v) is 5.45. The minimum absolute atomic E-state index is 0.331. The van der Waals surface area contributed by atoms with Crippen LogP contribution in [0.4, 0.5) is 5.82 Å². The van der Waals surface area contributed by atoms with Crippen molar-refractivity contribution >= 4 is 22.5 Å². The lowest BCUT2D eigenvalue weighted by Gasteiger charge is -2.43. The van der Waals surface area contributed by atoms with Gasteiger partial charge in [0.25, 0.3) is 0 Å². The number of nitrogens with zero attached hydrogens (tertiary/aromatic N) is 5. The summed E-state index contributed by atoms with van der Waals surface area (Å²) in [6.45, 7) is 12.5. The number of hydrogen-bond donors (Lipinski definition) is 2. The summed E-state index contributed by atoms with van der Waals surface area (Å²) < 4.78 is 7.36. The highest BCUT2D eigenvalue weighted by Gasteiger charge is 2.31. The first kappa shape index (κ1) is 21.6. The van der Waals surface area contributed by atoms with Crippen molar-refractivity contribution in [1.82, 2.24) is 29.9 Å². The first-order chi connectivity index (χ1) is 16.5. The van der Waals surface area contributed by atoms with Gasteiger partial charge in [0, 0.05) is 55.7 Å². The van der Waals surface area contributed by atoms with Gasteiger partial charge in [-0.15, -0.1) is 0 Å². The molecule has 2 saturated heterocycles. The molecule has 0 bridgehead atoms. The molecule has 178 valence electrons. The molecule has 0 aliphatic carbocycles. The Morgan fingerprint density at radius 1 is 1.09 bits per heavy atom. The highest BCUT2D eigenvalue weighted by molar-refractivity contribution is 5.90. The van der Waals surface area contributed by atoms with Crippen molar-refractivity contribution < 1.29 is 4.74 Å². The maximum atomic E-state index is 5.49. The monoisotopic (exact) mass is 459 g/mol. The maximum absolute atomic E-state index is 5.49. The van der Waals surface area contributed by atoms with Crippen molar-refractivity contribution in [3.8, 4) is 11.3 Å². The molecule has 4 aromatic heterocycles. The zero-order valence-electron chi connectivity index (χ0n) is 20.4. The van der Waals surface area contributed by atoms with Gasteiger partial charge >= 0.3 is 0 Å². The van der Waals surface area contributed by atoms with E-state index >= 15 is 0 Å². The molecule has 34 heavy (non-hydrogen) atoms. The van der Waals surface area contributed by atoms with Crippen molar-refractivity contribution in [2.45, 2.75) is 58.5 Å². The van der Waals surface area contributed by atoms with E-state index < -0.39 is 0 Å². The van der Waals surface area contributed by atoms with Crippen LogP contribution in [0.25, 0.3) is 27.9 Å². The number of nitrogens with one attached hydrogen (secondary N) is 2. The molecule has 2 aliphatic heterocycles. The summed E-state index contributed by atoms with van der Waals surface area (Å²) in [7, 11) is 0. The molecule has 4 aromatic rings. The fourth-order valence-electron chi connectivity index (χ4n) is 5.45. The predicted octanol–water partition coefficient (Wildman–Crippen LogP) is 3.97. The first-order valence-corrected chi connectivity index (χ1v) is 12.4. The molecule has 0 spiro atoms. The van der Waals surface area contributed by atoms with Gasteiger partial charge < -0.3 is 19.9 Å². The number of aromatic nitrogens is 5. The molecule has 8 nitrogen and oxygen atoms in total. The summed E-state index contributed by atoms with van der Waals surface area (Å²) >= 11 is 0. The van der Waals surface area contributed by atoms with Gasteiger partial charge in [-0.3, -0.25) is 0 Å². The highest BCUT2D eigenvalue weighted by Crippen LogP contribution is 2.38. The first-order valence-electron chi connectivity index (χ1n) is 12.4. The van der Waals surface area contributed by atoms with Gasteiger partial charge in [0.2, 0.25) is 0 Å². The molecule has 0 atom stereocenters. The standard InChI is InChI=1S/C26H33N7O/c1-15(2)23-24(20-13-33-26(27-14-28-33)17(4)16(20)3)30-21-5-6-22(31-25(21)23)32-11-19(12-32)29-18-7-9-34-10-8-18/h5-6,13-15,18-19,29-30H,7-12H2,1-4H3. The second-order valence-corrected chi connectivity index (χ2v) is 10.1. The molecule has 2 aliphatic rings. The Hall–Kier alpha value is -2.97. The molecule has 0 aromatic carbocycles. The molecule has 0 saturated carbocycles. The van der Waals surface area contributed by atoms with Crippen LogP contribution < -0.4 is 10.2 Å². The number of ether oxygens (including phenoxy) is 1. The van der Waals surface area contributed by atoms with Gasteiger partial charge in [-0.25, -0.2) is 14.5 Å². The smallest absolute Gasteiger partial charge is 0.158 e. The van der Waals surface area contributed by atoms with Crippen LogP contribution in [0.2, 0.25) is 0 Å². The van der Waals surface area contributed by atoms with Crippen molar-refractivity contribution in [3.05, 3.63) is 41.3 Å². The van der Waals surface area contributed by atoms with Gasteiger partial charge in [0.1, 0.15) is 12.1 Å². The van der Waals surface area contributed by atoms with Gasteiger partial charge in [-0.2, -0.15) is 5.10 Å². The molecular weight excluding hydrogens is 426 g/mol. The largest absolute Gasteiger partial charge is 0.381 e. The zero-order valence-corrected chi connectivity index (χ0v) is 20.4. The highest BCUT2D eigenvalue weighted by atomic mass is 16.5. The average molecular weight is 460 g/mol. The second-order valence-electron chi connectivity index (χ2n) is 10.1. The predicted molar refractivity (Wildman–Crippen MR) is 135 cm³/mol. The summed E-state index contributed by atoms with van der Waals surface area (Å²) in [6, 6.07) is 5.45. The Labute approximate surface area is 199 Å². The Balaban J connectivity index is 1.32. The van der Waals surface area contributed by atoms with E-state index in [0.29, 0.717) is 18.0 Å². The van der Waals surface area contributed by atoms with Crippen molar-refractivity contribution in [1.29, 1.82) is 0 Å². The number of fused-ring (bicyclic) bond motifs is 2.